The first-order valence-electron chi connectivity index (χ1n) is 4.57. The Morgan fingerprint density at radius 2 is 2.06 bits per heavy atom. The van der Waals surface area contributed by atoms with Crippen LogP contribution in [-0.4, -0.2) is 12.1 Å². The van der Waals surface area contributed by atoms with Gasteiger partial charge in [0.1, 0.15) is 17.9 Å². The molecule has 76 valence electrons. The number of pyridine rings is 1. The van der Waals surface area contributed by atoms with Crippen LogP contribution in [0.3, 0.4) is 0 Å². The first-order valence-corrected chi connectivity index (χ1v) is 4.57. The third-order valence-corrected chi connectivity index (χ3v) is 2.31. The van der Waals surface area contributed by atoms with E-state index >= 15 is 0 Å². The van der Waals surface area contributed by atoms with Crippen molar-refractivity contribution in [3.05, 3.63) is 35.5 Å². The second kappa shape index (κ2) is 3.88. The average Bonchev–Trinajstić information content (AvgIpc) is 2.36. The zero-order chi connectivity index (χ0) is 11.5. The highest BCUT2D eigenvalue weighted by Gasteiger charge is 2.08. The molecule has 0 saturated heterocycles. The van der Waals surface area contributed by atoms with Gasteiger partial charge < -0.3 is 4.74 Å². The van der Waals surface area contributed by atoms with Crippen molar-refractivity contribution in [2.45, 2.75) is 0 Å². The minimum atomic E-state index is 0.292. The minimum absolute atomic E-state index is 0.292. The minimum Gasteiger partial charge on any atom is -0.497 e. The first-order chi connectivity index (χ1) is 7.80. The van der Waals surface area contributed by atoms with Crippen LogP contribution in [-0.2, 0) is 0 Å². The van der Waals surface area contributed by atoms with Crippen molar-refractivity contribution >= 4 is 10.9 Å². The molecule has 1 heterocycles. The van der Waals surface area contributed by atoms with Crippen molar-refractivity contribution in [1.29, 1.82) is 10.5 Å². The molecule has 0 saturated carbocycles. The Labute approximate surface area is 92.3 Å². The van der Waals surface area contributed by atoms with E-state index in [4.69, 9.17) is 15.3 Å². The molecule has 0 aliphatic heterocycles. The van der Waals surface area contributed by atoms with Gasteiger partial charge in [0, 0.05) is 17.6 Å². The van der Waals surface area contributed by atoms with E-state index in [-0.39, 0.29) is 0 Å². The normalized spacial score (nSPS) is 9.44. The third-order valence-electron chi connectivity index (χ3n) is 2.31. The van der Waals surface area contributed by atoms with Crippen molar-refractivity contribution in [1.82, 2.24) is 4.98 Å². The highest BCUT2D eigenvalue weighted by Crippen LogP contribution is 2.23. The van der Waals surface area contributed by atoms with Gasteiger partial charge in [-0.25, -0.2) is 0 Å². The zero-order valence-corrected chi connectivity index (χ0v) is 8.56. The van der Waals surface area contributed by atoms with E-state index in [1.54, 1.807) is 25.3 Å². The fraction of sp³-hybridized carbons (Fsp3) is 0.0833. The summed E-state index contributed by atoms with van der Waals surface area (Å²) in [6.07, 6.45) is 1.40. The number of methoxy groups -OCH3 is 1. The summed E-state index contributed by atoms with van der Waals surface area (Å²) in [5.41, 5.74) is 1.30. The lowest BCUT2D eigenvalue weighted by molar-refractivity contribution is 0.415. The summed E-state index contributed by atoms with van der Waals surface area (Å²) in [6, 6.07) is 9.19. The lowest BCUT2D eigenvalue weighted by atomic mass is 10.1. The molecular weight excluding hydrogens is 202 g/mol. The lowest BCUT2D eigenvalue weighted by Gasteiger charge is -2.03. The van der Waals surface area contributed by atoms with Gasteiger partial charge in [0.25, 0.3) is 0 Å². The molecule has 1 aromatic heterocycles. The number of aromatic nitrogens is 1. The molecule has 0 aliphatic rings. The van der Waals surface area contributed by atoms with E-state index in [9.17, 15) is 0 Å². The summed E-state index contributed by atoms with van der Waals surface area (Å²) < 4.78 is 5.06. The quantitative estimate of drug-likeness (QED) is 0.720. The third kappa shape index (κ3) is 1.43. The van der Waals surface area contributed by atoms with Gasteiger partial charge in [0.05, 0.1) is 23.8 Å². The van der Waals surface area contributed by atoms with Gasteiger partial charge in [-0.15, -0.1) is 0 Å². The topological polar surface area (TPSA) is 69.7 Å². The van der Waals surface area contributed by atoms with Crippen molar-refractivity contribution in [2.75, 3.05) is 7.11 Å². The number of hydrogen-bond acceptors (Lipinski definition) is 4. The summed E-state index contributed by atoms with van der Waals surface area (Å²) >= 11 is 0. The van der Waals surface area contributed by atoms with E-state index < -0.39 is 0 Å². The van der Waals surface area contributed by atoms with Crippen molar-refractivity contribution in [3.8, 4) is 17.9 Å². The highest BCUT2D eigenvalue weighted by atomic mass is 16.5. The first kappa shape index (κ1) is 9.95. The van der Waals surface area contributed by atoms with Crippen molar-refractivity contribution in [2.24, 2.45) is 0 Å². The smallest absolute Gasteiger partial charge is 0.121 e. The Morgan fingerprint density at radius 3 is 2.69 bits per heavy atom. The molecule has 2 aromatic rings. The zero-order valence-electron chi connectivity index (χ0n) is 8.56. The van der Waals surface area contributed by atoms with Crippen LogP contribution in [0.5, 0.6) is 5.75 Å². The van der Waals surface area contributed by atoms with Crippen LogP contribution in [0.25, 0.3) is 10.9 Å². The van der Waals surface area contributed by atoms with E-state index in [0.29, 0.717) is 27.8 Å². The lowest BCUT2D eigenvalue weighted by Crippen LogP contribution is -1.91. The Balaban J connectivity index is 2.82. The number of ether oxygens (including phenoxy) is 1. The van der Waals surface area contributed by atoms with Crippen LogP contribution >= 0.6 is 0 Å². The molecule has 0 atom stereocenters. The maximum atomic E-state index is 9.01. The largest absolute Gasteiger partial charge is 0.497 e. The van der Waals surface area contributed by atoms with Gasteiger partial charge in [-0.05, 0) is 12.1 Å². The fourth-order valence-corrected chi connectivity index (χ4v) is 1.51. The molecule has 0 aliphatic carbocycles. The van der Waals surface area contributed by atoms with E-state index in [1.807, 2.05) is 12.1 Å². The SMILES string of the molecule is COc1ccc2c(C#N)c(C#N)cnc2c1. The maximum Gasteiger partial charge on any atom is 0.121 e. The molecule has 1 aromatic carbocycles. The molecule has 0 N–H and O–H groups in total. The van der Waals surface area contributed by atoms with Crippen molar-refractivity contribution < 1.29 is 4.74 Å². The standard InChI is InChI=1S/C12H7N3O/c1-16-9-2-3-10-11(6-14)8(5-13)7-15-12(10)4-9/h2-4,7H,1H3. The molecule has 0 radical (unpaired) electrons. The van der Waals surface area contributed by atoms with Gasteiger partial charge in [-0.1, -0.05) is 0 Å². The van der Waals surface area contributed by atoms with Crippen LogP contribution in [0.1, 0.15) is 11.1 Å². The number of nitriles is 2. The molecule has 0 bridgehead atoms. The van der Waals surface area contributed by atoms with Crippen molar-refractivity contribution in [3.63, 3.8) is 0 Å². The monoisotopic (exact) mass is 209 g/mol. The average molecular weight is 209 g/mol. The summed E-state index contributed by atoms with van der Waals surface area (Å²) in [4.78, 5) is 4.12. The predicted octanol–water partition coefficient (Wildman–Crippen LogP) is 1.99. The molecule has 0 fully saturated rings. The molecule has 2 rings (SSSR count). The fourth-order valence-electron chi connectivity index (χ4n) is 1.51. The summed E-state index contributed by atoms with van der Waals surface area (Å²) in [6.45, 7) is 0. The van der Waals surface area contributed by atoms with Gasteiger partial charge in [-0.2, -0.15) is 10.5 Å². The summed E-state index contributed by atoms with van der Waals surface area (Å²) in [7, 11) is 1.57. The molecule has 16 heavy (non-hydrogen) atoms. The summed E-state index contributed by atoms with van der Waals surface area (Å²) in [5, 5.41) is 18.5. The van der Waals surface area contributed by atoms with Gasteiger partial charge in [0.15, 0.2) is 0 Å². The Bertz CT molecular complexity index is 635. The van der Waals surface area contributed by atoms with Crippen LogP contribution in [0.2, 0.25) is 0 Å². The number of hydrogen-bond donors (Lipinski definition) is 0. The molecule has 0 unspecified atom stereocenters. The maximum absolute atomic E-state index is 9.01. The molecule has 4 nitrogen and oxygen atoms in total. The molecular formula is C12H7N3O. The molecule has 0 amide bonds. The Morgan fingerprint density at radius 1 is 1.25 bits per heavy atom. The van der Waals surface area contributed by atoms with E-state index in [2.05, 4.69) is 4.98 Å². The molecule has 4 heteroatoms. The van der Waals surface area contributed by atoms with Crippen LogP contribution < -0.4 is 4.74 Å². The van der Waals surface area contributed by atoms with Crippen LogP contribution in [0, 0.1) is 22.7 Å². The Kier molecular flexibility index (Phi) is 2.41. The van der Waals surface area contributed by atoms with E-state index in [0.717, 1.165) is 0 Å². The van der Waals surface area contributed by atoms with Gasteiger partial charge >= 0.3 is 0 Å². The van der Waals surface area contributed by atoms with E-state index in [1.165, 1.54) is 6.20 Å². The second-order valence-electron chi connectivity index (χ2n) is 3.15. The summed E-state index contributed by atoms with van der Waals surface area (Å²) in [5.74, 6) is 0.675. The van der Waals surface area contributed by atoms with Gasteiger partial charge in [-0.3, -0.25) is 4.98 Å². The van der Waals surface area contributed by atoms with Crippen LogP contribution in [0.4, 0.5) is 0 Å². The highest BCUT2D eigenvalue weighted by molar-refractivity contribution is 5.87. The second-order valence-corrected chi connectivity index (χ2v) is 3.15. The molecule has 0 spiro atoms. The number of benzene rings is 1. The Hall–Kier alpha value is -2.59. The number of fused-ring (bicyclic) bond motifs is 1. The number of nitrogens with zero attached hydrogens (tertiary/aromatic N) is 3. The van der Waals surface area contributed by atoms with Gasteiger partial charge in [0.2, 0.25) is 0 Å². The van der Waals surface area contributed by atoms with Crippen LogP contribution in [0.15, 0.2) is 24.4 Å². The number of rotatable bonds is 1. The predicted molar refractivity (Wildman–Crippen MR) is 57.7 cm³/mol.